The van der Waals surface area contributed by atoms with E-state index in [9.17, 15) is 4.39 Å². The second-order valence-corrected chi connectivity index (χ2v) is 5.33. The number of imidazole rings is 1. The van der Waals surface area contributed by atoms with Crippen molar-refractivity contribution in [3.05, 3.63) is 42.0 Å². The Labute approximate surface area is 117 Å². The first-order valence-electron chi connectivity index (χ1n) is 6.35. The molecule has 0 radical (unpaired) electrons. The lowest BCUT2D eigenvalue weighted by Crippen LogP contribution is -2.15. The summed E-state index contributed by atoms with van der Waals surface area (Å²) >= 11 is 1.49. The van der Waals surface area contributed by atoms with E-state index in [-0.39, 0.29) is 5.82 Å². The molecule has 0 spiro atoms. The van der Waals surface area contributed by atoms with Gasteiger partial charge in [0.05, 0.1) is 0 Å². The van der Waals surface area contributed by atoms with E-state index >= 15 is 0 Å². The maximum Gasteiger partial charge on any atom is 0.172 e. The van der Waals surface area contributed by atoms with E-state index in [1.54, 1.807) is 12.3 Å². The van der Waals surface area contributed by atoms with Crippen molar-refractivity contribution >= 4 is 11.8 Å². The van der Waals surface area contributed by atoms with Crippen LogP contribution >= 0.6 is 11.8 Å². The van der Waals surface area contributed by atoms with Crippen molar-refractivity contribution in [2.24, 2.45) is 7.05 Å². The number of aromatic nitrogens is 2. The van der Waals surface area contributed by atoms with Gasteiger partial charge in [-0.1, -0.05) is 24.8 Å². The monoisotopic (exact) mass is 279 g/mol. The summed E-state index contributed by atoms with van der Waals surface area (Å²) in [7, 11) is 1.93. The molecule has 0 amide bonds. The van der Waals surface area contributed by atoms with E-state index in [1.165, 1.54) is 17.8 Å². The molecule has 0 aliphatic rings. The molecule has 102 valence electrons. The van der Waals surface area contributed by atoms with Gasteiger partial charge in [-0.15, -0.1) is 0 Å². The molecule has 0 unspecified atom stereocenters. The van der Waals surface area contributed by atoms with Gasteiger partial charge < -0.3 is 9.88 Å². The van der Waals surface area contributed by atoms with Crippen LogP contribution in [0.15, 0.2) is 40.6 Å². The van der Waals surface area contributed by atoms with Crippen molar-refractivity contribution < 1.29 is 4.39 Å². The minimum absolute atomic E-state index is 0.164. The number of hydrogen-bond donors (Lipinski definition) is 1. The van der Waals surface area contributed by atoms with Crippen LogP contribution in [-0.4, -0.2) is 16.1 Å². The topological polar surface area (TPSA) is 29.9 Å². The third-order valence-corrected chi connectivity index (χ3v) is 3.96. The van der Waals surface area contributed by atoms with E-state index in [2.05, 4.69) is 17.2 Å². The Kier molecular flexibility index (Phi) is 4.99. The summed E-state index contributed by atoms with van der Waals surface area (Å²) in [5.41, 5.74) is 0.712. The van der Waals surface area contributed by atoms with Gasteiger partial charge in [0, 0.05) is 36.4 Å². The second-order valence-electron chi connectivity index (χ2n) is 4.32. The zero-order valence-corrected chi connectivity index (χ0v) is 12.0. The van der Waals surface area contributed by atoms with Crippen LogP contribution in [0.25, 0.3) is 0 Å². The molecule has 0 atom stereocenters. The van der Waals surface area contributed by atoms with Crippen molar-refractivity contribution in [2.45, 2.75) is 29.9 Å². The Hall–Kier alpha value is -1.33. The molecule has 0 aliphatic heterocycles. The number of halogens is 1. The highest BCUT2D eigenvalue weighted by Crippen LogP contribution is 2.30. The Balaban J connectivity index is 2.19. The molecule has 0 aliphatic carbocycles. The van der Waals surface area contributed by atoms with E-state index in [4.69, 9.17) is 0 Å². The highest BCUT2D eigenvalue weighted by molar-refractivity contribution is 7.99. The molecule has 1 N–H and O–H groups in total. The molecule has 0 bridgehead atoms. The van der Waals surface area contributed by atoms with Crippen LogP contribution in [0.2, 0.25) is 0 Å². The van der Waals surface area contributed by atoms with Gasteiger partial charge in [-0.25, -0.2) is 9.37 Å². The molecule has 0 fully saturated rings. The van der Waals surface area contributed by atoms with E-state index in [1.807, 2.05) is 23.9 Å². The van der Waals surface area contributed by atoms with Crippen molar-refractivity contribution in [1.29, 1.82) is 0 Å². The maximum absolute atomic E-state index is 13.9. The first-order valence-corrected chi connectivity index (χ1v) is 7.17. The summed E-state index contributed by atoms with van der Waals surface area (Å²) < 4.78 is 15.9. The molecule has 0 saturated carbocycles. The highest BCUT2D eigenvalue weighted by atomic mass is 32.2. The van der Waals surface area contributed by atoms with E-state index < -0.39 is 0 Å². The summed E-state index contributed by atoms with van der Waals surface area (Å²) in [5, 5.41) is 4.11. The van der Waals surface area contributed by atoms with Gasteiger partial charge in [0.1, 0.15) is 5.82 Å². The summed E-state index contributed by atoms with van der Waals surface area (Å²) in [6.45, 7) is 3.53. The molecule has 3 nitrogen and oxygen atoms in total. The fraction of sp³-hybridized carbons (Fsp3) is 0.357. The van der Waals surface area contributed by atoms with Crippen molar-refractivity contribution in [3.8, 4) is 0 Å². The van der Waals surface area contributed by atoms with Gasteiger partial charge >= 0.3 is 0 Å². The van der Waals surface area contributed by atoms with Crippen LogP contribution in [0.4, 0.5) is 4.39 Å². The lowest BCUT2D eigenvalue weighted by molar-refractivity contribution is 0.578. The first-order chi connectivity index (χ1) is 9.22. The fourth-order valence-electron chi connectivity index (χ4n) is 1.74. The number of nitrogens with one attached hydrogen (secondary N) is 1. The summed E-state index contributed by atoms with van der Waals surface area (Å²) in [6, 6.07) is 5.18. The van der Waals surface area contributed by atoms with Gasteiger partial charge in [0.15, 0.2) is 5.16 Å². The average molecular weight is 279 g/mol. The Morgan fingerprint density at radius 1 is 1.42 bits per heavy atom. The molecule has 1 aromatic carbocycles. The molecular formula is C14H18FN3S. The molecule has 2 rings (SSSR count). The first kappa shape index (κ1) is 14.1. The van der Waals surface area contributed by atoms with Crippen LogP contribution in [0.1, 0.15) is 18.9 Å². The van der Waals surface area contributed by atoms with Crippen LogP contribution in [-0.2, 0) is 13.6 Å². The second kappa shape index (κ2) is 6.73. The van der Waals surface area contributed by atoms with Crippen molar-refractivity contribution in [1.82, 2.24) is 14.9 Å². The molecule has 1 heterocycles. The Morgan fingerprint density at radius 3 is 2.95 bits per heavy atom. The van der Waals surface area contributed by atoms with E-state index in [0.717, 1.165) is 23.0 Å². The lowest BCUT2D eigenvalue weighted by atomic mass is 10.2. The summed E-state index contributed by atoms with van der Waals surface area (Å²) in [6.07, 6.45) is 4.67. The van der Waals surface area contributed by atoms with E-state index in [0.29, 0.717) is 12.1 Å². The van der Waals surface area contributed by atoms with Crippen molar-refractivity contribution in [3.63, 3.8) is 0 Å². The zero-order valence-electron chi connectivity index (χ0n) is 11.2. The molecule has 5 heteroatoms. The largest absolute Gasteiger partial charge is 0.329 e. The Bertz CT molecular complexity index is 539. The quantitative estimate of drug-likeness (QED) is 0.823. The molecule has 0 saturated heterocycles. The van der Waals surface area contributed by atoms with Crippen LogP contribution in [0.3, 0.4) is 0 Å². The highest BCUT2D eigenvalue weighted by Gasteiger charge is 2.11. The minimum atomic E-state index is -0.164. The molecule has 2 aromatic rings. The van der Waals surface area contributed by atoms with Crippen LogP contribution in [0, 0.1) is 5.82 Å². The smallest absolute Gasteiger partial charge is 0.172 e. The third kappa shape index (κ3) is 3.58. The maximum atomic E-state index is 13.9. The SMILES string of the molecule is CCCNCc1c(F)cccc1Sc1nccn1C. The number of hydrogen-bond acceptors (Lipinski definition) is 3. The third-order valence-electron chi connectivity index (χ3n) is 2.78. The van der Waals surface area contributed by atoms with Gasteiger partial charge in [0.25, 0.3) is 0 Å². The molecule has 1 aromatic heterocycles. The van der Waals surface area contributed by atoms with Crippen LogP contribution in [0.5, 0.6) is 0 Å². The average Bonchev–Trinajstić information content (AvgIpc) is 2.79. The number of aryl methyl sites for hydroxylation is 1. The van der Waals surface area contributed by atoms with Gasteiger partial charge in [-0.05, 0) is 25.1 Å². The molecule has 19 heavy (non-hydrogen) atoms. The number of nitrogens with zero attached hydrogens (tertiary/aromatic N) is 2. The summed E-state index contributed by atoms with van der Waals surface area (Å²) in [4.78, 5) is 5.18. The predicted molar refractivity (Wildman–Crippen MR) is 75.7 cm³/mol. The number of benzene rings is 1. The standard InChI is InChI=1S/C14H18FN3S/c1-3-7-16-10-11-12(15)5-4-6-13(11)19-14-17-8-9-18(14)2/h4-6,8-9,16H,3,7,10H2,1-2H3. The Morgan fingerprint density at radius 2 is 2.26 bits per heavy atom. The lowest BCUT2D eigenvalue weighted by Gasteiger charge is -2.10. The summed E-state index contributed by atoms with van der Waals surface area (Å²) in [5.74, 6) is -0.164. The van der Waals surface area contributed by atoms with Crippen LogP contribution < -0.4 is 5.32 Å². The normalized spacial score (nSPS) is 10.9. The predicted octanol–water partition coefficient (Wildman–Crippen LogP) is 3.21. The zero-order chi connectivity index (χ0) is 13.7. The van der Waals surface area contributed by atoms with Gasteiger partial charge in [-0.3, -0.25) is 0 Å². The van der Waals surface area contributed by atoms with Crippen molar-refractivity contribution in [2.75, 3.05) is 6.54 Å². The van der Waals surface area contributed by atoms with Gasteiger partial charge in [-0.2, -0.15) is 0 Å². The van der Waals surface area contributed by atoms with Gasteiger partial charge in [0.2, 0.25) is 0 Å². The fourth-order valence-corrected chi connectivity index (χ4v) is 2.70. The minimum Gasteiger partial charge on any atom is -0.329 e. The molecular weight excluding hydrogens is 261 g/mol. The number of rotatable bonds is 6.